The molecule has 106 valence electrons. The lowest BCUT2D eigenvalue weighted by molar-refractivity contribution is -0.141. The second-order valence-corrected chi connectivity index (χ2v) is 5.24. The molecular formula is C14H21NO4. The molecule has 1 aliphatic carbocycles. The van der Waals surface area contributed by atoms with Crippen molar-refractivity contribution in [2.45, 2.75) is 20.3 Å². The highest BCUT2D eigenvalue weighted by atomic mass is 16.5. The number of hydrogen-bond donors (Lipinski definition) is 0. The van der Waals surface area contributed by atoms with Gasteiger partial charge in [0.2, 0.25) is 5.91 Å². The van der Waals surface area contributed by atoms with Crippen LogP contribution in [0.3, 0.4) is 0 Å². The van der Waals surface area contributed by atoms with E-state index >= 15 is 0 Å². The van der Waals surface area contributed by atoms with E-state index in [0.29, 0.717) is 32.9 Å². The highest BCUT2D eigenvalue weighted by Crippen LogP contribution is 2.54. The number of allylic oxidation sites excluding steroid dienone is 1. The maximum Gasteiger partial charge on any atom is 0.330 e. The minimum absolute atomic E-state index is 0.146. The maximum atomic E-state index is 12.4. The average Bonchev–Trinajstić information content (AvgIpc) is 3.09. The van der Waals surface area contributed by atoms with Crippen molar-refractivity contribution in [1.82, 2.24) is 4.90 Å². The van der Waals surface area contributed by atoms with Gasteiger partial charge in [0.05, 0.1) is 25.2 Å². The van der Waals surface area contributed by atoms with Crippen LogP contribution in [0.25, 0.3) is 0 Å². The fourth-order valence-corrected chi connectivity index (χ4v) is 2.44. The summed E-state index contributed by atoms with van der Waals surface area (Å²) < 4.78 is 10.1. The Morgan fingerprint density at radius 2 is 2.11 bits per heavy atom. The molecule has 2 aliphatic rings. The first kappa shape index (κ1) is 14.1. The fourth-order valence-electron chi connectivity index (χ4n) is 2.44. The van der Waals surface area contributed by atoms with Crippen LogP contribution in [-0.4, -0.2) is 49.7 Å². The molecule has 0 aromatic carbocycles. The zero-order valence-corrected chi connectivity index (χ0v) is 11.6. The second kappa shape index (κ2) is 5.74. The van der Waals surface area contributed by atoms with Gasteiger partial charge in [-0.15, -0.1) is 0 Å². The van der Waals surface area contributed by atoms with Gasteiger partial charge < -0.3 is 14.4 Å². The third-order valence-electron chi connectivity index (χ3n) is 3.84. The number of rotatable bonds is 4. The van der Waals surface area contributed by atoms with Crippen molar-refractivity contribution in [3.05, 3.63) is 12.2 Å². The van der Waals surface area contributed by atoms with E-state index in [2.05, 4.69) is 0 Å². The van der Waals surface area contributed by atoms with Gasteiger partial charge in [-0.2, -0.15) is 0 Å². The van der Waals surface area contributed by atoms with E-state index < -0.39 is 0 Å². The molecule has 1 aliphatic heterocycles. The lowest BCUT2D eigenvalue weighted by Gasteiger charge is -2.29. The van der Waals surface area contributed by atoms with Crippen LogP contribution >= 0.6 is 0 Å². The van der Waals surface area contributed by atoms with Gasteiger partial charge in [0, 0.05) is 19.2 Å². The SMILES string of the molecule is CCOC(=O)/C=C/C1CC1(C)C(=O)N1CCOCC1. The minimum atomic E-state index is -0.347. The average molecular weight is 267 g/mol. The van der Waals surface area contributed by atoms with Crippen LogP contribution in [-0.2, 0) is 19.1 Å². The first-order chi connectivity index (χ1) is 9.08. The summed E-state index contributed by atoms with van der Waals surface area (Å²) in [6.07, 6.45) is 4.04. The molecular weight excluding hydrogens is 246 g/mol. The molecule has 1 saturated heterocycles. The molecule has 1 heterocycles. The molecule has 5 heteroatoms. The standard InChI is InChI=1S/C14H21NO4/c1-3-19-12(16)5-4-11-10-14(11,2)13(17)15-6-8-18-9-7-15/h4-5,11H,3,6-10H2,1-2H3/b5-4+. The van der Waals surface area contributed by atoms with E-state index in [0.717, 1.165) is 6.42 Å². The molecule has 5 nitrogen and oxygen atoms in total. The van der Waals surface area contributed by atoms with E-state index in [1.807, 2.05) is 11.8 Å². The summed E-state index contributed by atoms with van der Waals surface area (Å²) in [5.41, 5.74) is -0.347. The molecule has 2 rings (SSSR count). The number of ether oxygens (including phenoxy) is 2. The normalized spacial score (nSPS) is 30.4. The molecule has 1 saturated carbocycles. The number of amides is 1. The van der Waals surface area contributed by atoms with Crippen molar-refractivity contribution in [2.75, 3.05) is 32.9 Å². The van der Waals surface area contributed by atoms with Gasteiger partial charge in [0.1, 0.15) is 0 Å². The summed E-state index contributed by atoms with van der Waals surface area (Å²) >= 11 is 0. The predicted octanol–water partition coefficient (Wildman–Crippen LogP) is 0.991. The quantitative estimate of drug-likeness (QED) is 0.563. The molecule has 0 bridgehead atoms. The van der Waals surface area contributed by atoms with Crippen LogP contribution in [0.5, 0.6) is 0 Å². The summed E-state index contributed by atoms with van der Waals surface area (Å²) in [6.45, 7) is 6.68. The van der Waals surface area contributed by atoms with Crippen molar-refractivity contribution in [3.63, 3.8) is 0 Å². The summed E-state index contributed by atoms with van der Waals surface area (Å²) in [4.78, 5) is 25.5. The van der Waals surface area contributed by atoms with Crippen LogP contribution in [0, 0.1) is 11.3 Å². The molecule has 0 aromatic rings. The Morgan fingerprint density at radius 3 is 2.74 bits per heavy atom. The molecule has 0 radical (unpaired) electrons. The molecule has 0 aromatic heterocycles. The molecule has 2 atom stereocenters. The number of esters is 1. The first-order valence-corrected chi connectivity index (χ1v) is 6.80. The topological polar surface area (TPSA) is 55.8 Å². The number of carbonyl (C=O) groups is 2. The van der Waals surface area contributed by atoms with Crippen molar-refractivity contribution in [2.24, 2.45) is 11.3 Å². The zero-order valence-electron chi connectivity index (χ0n) is 11.6. The molecule has 2 fully saturated rings. The van der Waals surface area contributed by atoms with Gasteiger partial charge in [-0.05, 0) is 19.3 Å². The van der Waals surface area contributed by atoms with Crippen molar-refractivity contribution in [1.29, 1.82) is 0 Å². The summed E-state index contributed by atoms with van der Waals surface area (Å²) in [6, 6.07) is 0. The molecule has 2 unspecified atom stereocenters. The molecule has 1 amide bonds. The number of carbonyl (C=O) groups excluding carboxylic acids is 2. The van der Waals surface area contributed by atoms with Crippen LogP contribution in [0.4, 0.5) is 0 Å². The largest absolute Gasteiger partial charge is 0.463 e. The monoisotopic (exact) mass is 267 g/mol. The van der Waals surface area contributed by atoms with Crippen molar-refractivity contribution >= 4 is 11.9 Å². The number of nitrogens with zero attached hydrogens (tertiary/aromatic N) is 1. The first-order valence-electron chi connectivity index (χ1n) is 6.80. The van der Waals surface area contributed by atoms with Crippen LogP contribution in [0.2, 0.25) is 0 Å². The highest BCUT2D eigenvalue weighted by molar-refractivity contribution is 5.87. The summed E-state index contributed by atoms with van der Waals surface area (Å²) in [5.74, 6) is -0.0165. The second-order valence-electron chi connectivity index (χ2n) is 5.24. The van der Waals surface area contributed by atoms with Crippen LogP contribution in [0.1, 0.15) is 20.3 Å². The predicted molar refractivity (Wildman–Crippen MR) is 69.4 cm³/mol. The van der Waals surface area contributed by atoms with Crippen LogP contribution in [0.15, 0.2) is 12.2 Å². The molecule has 0 spiro atoms. The summed E-state index contributed by atoms with van der Waals surface area (Å²) in [7, 11) is 0. The third-order valence-corrected chi connectivity index (χ3v) is 3.84. The van der Waals surface area contributed by atoms with E-state index in [4.69, 9.17) is 9.47 Å². The lowest BCUT2D eigenvalue weighted by Crippen LogP contribution is -2.44. The number of hydrogen-bond acceptors (Lipinski definition) is 4. The van der Waals surface area contributed by atoms with Crippen LogP contribution < -0.4 is 0 Å². The Balaban J connectivity index is 1.87. The highest BCUT2D eigenvalue weighted by Gasteiger charge is 2.56. The zero-order chi connectivity index (χ0) is 13.9. The van der Waals surface area contributed by atoms with E-state index in [-0.39, 0.29) is 23.2 Å². The number of morpholine rings is 1. The Bertz CT molecular complexity index is 387. The lowest BCUT2D eigenvalue weighted by atomic mass is 10.0. The van der Waals surface area contributed by atoms with Gasteiger partial charge >= 0.3 is 5.97 Å². The fraction of sp³-hybridized carbons (Fsp3) is 0.714. The summed E-state index contributed by atoms with van der Waals surface area (Å²) in [5, 5.41) is 0. The Labute approximate surface area is 113 Å². The van der Waals surface area contributed by atoms with Gasteiger partial charge in [0.25, 0.3) is 0 Å². The minimum Gasteiger partial charge on any atom is -0.463 e. The van der Waals surface area contributed by atoms with Crippen molar-refractivity contribution in [3.8, 4) is 0 Å². The molecule has 0 N–H and O–H groups in total. The van der Waals surface area contributed by atoms with Gasteiger partial charge in [0.15, 0.2) is 0 Å². The Kier molecular flexibility index (Phi) is 4.24. The van der Waals surface area contributed by atoms with Gasteiger partial charge in [-0.25, -0.2) is 4.79 Å². The molecule has 19 heavy (non-hydrogen) atoms. The van der Waals surface area contributed by atoms with E-state index in [1.165, 1.54) is 6.08 Å². The van der Waals surface area contributed by atoms with Gasteiger partial charge in [-0.3, -0.25) is 4.79 Å². The Hall–Kier alpha value is -1.36. The Morgan fingerprint density at radius 1 is 1.42 bits per heavy atom. The maximum absolute atomic E-state index is 12.4. The van der Waals surface area contributed by atoms with Crippen molar-refractivity contribution < 1.29 is 19.1 Å². The van der Waals surface area contributed by atoms with Gasteiger partial charge in [-0.1, -0.05) is 13.0 Å². The third kappa shape index (κ3) is 3.15. The van der Waals surface area contributed by atoms with E-state index in [9.17, 15) is 9.59 Å². The smallest absolute Gasteiger partial charge is 0.330 e. The van der Waals surface area contributed by atoms with E-state index in [1.54, 1.807) is 13.0 Å².